The van der Waals surface area contributed by atoms with Crippen molar-refractivity contribution in [1.29, 1.82) is 0 Å². The molecule has 0 bridgehead atoms. The molecule has 0 unspecified atom stereocenters. The van der Waals surface area contributed by atoms with Crippen molar-refractivity contribution in [2.45, 2.75) is 20.8 Å². The molecular formula is C9H13N3. The second kappa shape index (κ2) is 3.85. The monoisotopic (exact) mass is 163 g/mol. The number of aromatic nitrogens is 3. The molecule has 0 saturated carbocycles. The van der Waals surface area contributed by atoms with E-state index in [2.05, 4.69) is 10.1 Å². The smallest absolute Gasteiger partial charge is 0.155 e. The van der Waals surface area contributed by atoms with Gasteiger partial charge in [0.1, 0.15) is 0 Å². The summed E-state index contributed by atoms with van der Waals surface area (Å²) in [5, 5.41) is 4.17. The van der Waals surface area contributed by atoms with Crippen LogP contribution in [0.4, 0.5) is 0 Å². The summed E-state index contributed by atoms with van der Waals surface area (Å²) in [6, 6.07) is 3.80. The highest BCUT2D eigenvalue weighted by atomic mass is 15.2. The molecule has 64 valence electrons. The largest absolute Gasteiger partial charge is 0.237 e. The number of rotatable bonds is 0. The van der Waals surface area contributed by atoms with Crippen LogP contribution in [0.15, 0.2) is 24.5 Å². The van der Waals surface area contributed by atoms with Crippen LogP contribution in [0.5, 0.6) is 0 Å². The summed E-state index contributed by atoms with van der Waals surface area (Å²) < 4.78 is 1.76. The lowest BCUT2D eigenvalue weighted by atomic mass is 10.5. The molecule has 0 fully saturated rings. The number of hydrogen-bond acceptors (Lipinski definition) is 2. The van der Waals surface area contributed by atoms with E-state index in [1.54, 1.807) is 10.7 Å². The summed E-state index contributed by atoms with van der Waals surface area (Å²) in [7, 11) is 0. The molecule has 0 aliphatic carbocycles. The van der Waals surface area contributed by atoms with Gasteiger partial charge in [0.05, 0.1) is 5.69 Å². The van der Waals surface area contributed by atoms with Gasteiger partial charge in [-0.05, 0) is 13.0 Å². The molecule has 0 spiro atoms. The molecule has 0 radical (unpaired) electrons. The fourth-order valence-corrected chi connectivity index (χ4v) is 0.949. The molecule has 12 heavy (non-hydrogen) atoms. The normalized spacial score (nSPS) is 9.25. The molecule has 3 heteroatoms. The Morgan fingerprint density at radius 2 is 2.08 bits per heavy atom. The van der Waals surface area contributed by atoms with Crippen LogP contribution in [0, 0.1) is 6.92 Å². The quantitative estimate of drug-likeness (QED) is 0.595. The molecule has 0 aromatic carbocycles. The highest BCUT2D eigenvalue weighted by Gasteiger charge is 1.93. The summed E-state index contributed by atoms with van der Waals surface area (Å²) in [5.41, 5.74) is 1.90. The van der Waals surface area contributed by atoms with E-state index < -0.39 is 0 Å². The third kappa shape index (κ3) is 1.61. The van der Waals surface area contributed by atoms with Gasteiger partial charge in [-0.15, -0.1) is 0 Å². The van der Waals surface area contributed by atoms with E-state index in [-0.39, 0.29) is 0 Å². The van der Waals surface area contributed by atoms with Gasteiger partial charge in [-0.3, -0.25) is 0 Å². The number of fused-ring (bicyclic) bond motifs is 1. The summed E-state index contributed by atoms with van der Waals surface area (Å²) in [4.78, 5) is 4.10. The zero-order valence-corrected chi connectivity index (χ0v) is 7.65. The van der Waals surface area contributed by atoms with E-state index in [0.717, 1.165) is 11.3 Å². The van der Waals surface area contributed by atoms with E-state index in [9.17, 15) is 0 Å². The lowest BCUT2D eigenvalue weighted by Gasteiger charge is -1.86. The Labute approximate surface area is 72.1 Å². The van der Waals surface area contributed by atoms with Crippen LogP contribution in [0.1, 0.15) is 19.5 Å². The van der Waals surface area contributed by atoms with Crippen LogP contribution >= 0.6 is 0 Å². The maximum atomic E-state index is 4.17. The van der Waals surface area contributed by atoms with Gasteiger partial charge >= 0.3 is 0 Å². The lowest BCUT2D eigenvalue weighted by Crippen LogP contribution is -1.86. The van der Waals surface area contributed by atoms with E-state index in [1.165, 1.54) is 0 Å². The minimum absolute atomic E-state index is 0.903. The molecule has 0 saturated heterocycles. The minimum Gasteiger partial charge on any atom is -0.237 e. The van der Waals surface area contributed by atoms with Gasteiger partial charge in [-0.25, -0.2) is 9.50 Å². The lowest BCUT2D eigenvalue weighted by molar-refractivity contribution is 0.917. The second-order valence-electron chi connectivity index (χ2n) is 2.21. The van der Waals surface area contributed by atoms with Crippen molar-refractivity contribution in [3.05, 3.63) is 30.2 Å². The SMILES string of the molecule is CC.Cc1cc2ncccn2n1. The second-order valence-corrected chi connectivity index (χ2v) is 2.21. The Morgan fingerprint density at radius 1 is 1.33 bits per heavy atom. The zero-order valence-electron chi connectivity index (χ0n) is 7.65. The maximum Gasteiger partial charge on any atom is 0.155 e. The van der Waals surface area contributed by atoms with Crippen molar-refractivity contribution in [2.24, 2.45) is 0 Å². The van der Waals surface area contributed by atoms with Crippen LogP contribution in [-0.4, -0.2) is 14.6 Å². The first-order valence-electron chi connectivity index (χ1n) is 4.13. The summed E-state index contributed by atoms with van der Waals surface area (Å²) >= 11 is 0. The molecule has 0 atom stereocenters. The van der Waals surface area contributed by atoms with Gasteiger partial charge in [0.2, 0.25) is 0 Å². The first kappa shape index (κ1) is 8.71. The van der Waals surface area contributed by atoms with Gasteiger partial charge in [0.15, 0.2) is 5.65 Å². The average Bonchev–Trinajstić information content (AvgIpc) is 2.48. The molecule has 3 nitrogen and oxygen atoms in total. The summed E-state index contributed by atoms with van der Waals surface area (Å²) in [5.74, 6) is 0. The standard InChI is InChI=1S/C7H7N3.C2H6/c1-6-5-7-8-3-2-4-10(7)9-6;1-2/h2-5H,1H3;1-2H3. The van der Waals surface area contributed by atoms with Crippen molar-refractivity contribution in [3.8, 4) is 0 Å². The highest BCUT2D eigenvalue weighted by Crippen LogP contribution is 1.99. The average molecular weight is 163 g/mol. The topological polar surface area (TPSA) is 30.2 Å². The van der Waals surface area contributed by atoms with E-state index in [0.29, 0.717) is 0 Å². The van der Waals surface area contributed by atoms with Crippen molar-refractivity contribution < 1.29 is 0 Å². The predicted molar refractivity (Wildman–Crippen MR) is 49.1 cm³/mol. The van der Waals surface area contributed by atoms with Crippen molar-refractivity contribution >= 4 is 5.65 Å². The maximum absolute atomic E-state index is 4.17. The molecule has 0 amide bonds. The molecule has 0 aliphatic heterocycles. The number of aryl methyl sites for hydroxylation is 1. The molecule has 0 N–H and O–H groups in total. The first-order valence-corrected chi connectivity index (χ1v) is 4.13. The highest BCUT2D eigenvalue weighted by molar-refractivity contribution is 5.37. The Balaban J connectivity index is 0.000000336. The molecule has 2 aromatic rings. The van der Waals surface area contributed by atoms with Gasteiger partial charge < -0.3 is 0 Å². The fraction of sp³-hybridized carbons (Fsp3) is 0.333. The van der Waals surface area contributed by atoms with Gasteiger partial charge in [0.25, 0.3) is 0 Å². The van der Waals surface area contributed by atoms with Gasteiger partial charge in [-0.2, -0.15) is 5.10 Å². The van der Waals surface area contributed by atoms with Crippen LogP contribution in [0.2, 0.25) is 0 Å². The van der Waals surface area contributed by atoms with Crippen molar-refractivity contribution in [3.63, 3.8) is 0 Å². The number of hydrogen-bond donors (Lipinski definition) is 0. The van der Waals surface area contributed by atoms with Crippen LogP contribution in [0.25, 0.3) is 5.65 Å². The Hall–Kier alpha value is -1.38. The predicted octanol–water partition coefficient (Wildman–Crippen LogP) is 2.06. The summed E-state index contributed by atoms with van der Waals surface area (Å²) in [6.45, 7) is 5.95. The number of nitrogens with zero attached hydrogens (tertiary/aromatic N) is 3. The Kier molecular flexibility index (Phi) is 2.80. The molecular weight excluding hydrogens is 150 g/mol. The van der Waals surface area contributed by atoms with Crippen LogP contribution < -0.4 is 0 Å². The Morgan fingerprint density at radius 3 is 2.75 bits per heavy atom. The molecule has 0 aliphatic rings. The Bertz CT molecular complexity index is 318. The van der Waals surface area contributed by atoms with Crippen LogP contribution in [0.3, 0.4) is 0 Å². The van der Waals surface area contributed by atoms with E-state index in [1.807, 2.05) is 39.1 Å². The fourth-order valence-electron chi connectivity index (χ4n) is 0.949. The third-order valence-corrected chi connectivity index (χ3v) is 1.36. The third-order valence-electron chi connectivity index (χ3n) is 1.36. The van der Waals surface area contributed by atoms with Crippen molar-refractivity contribution in [2.75, 3.05) is 0 Å². The van der Waals surface area contributed by atoms with Crippen molar-refractivity contribution in [1.82, 2.24) is 14.6 Å². The van der Waals surface area contributed by atoms with E-state index >= 15 is 0 Å². The molecule has 2 rings (SSSR count). The minimum atomic E-state index is 0.903. The molecule has 2 aromatic heterocycles. The zero-order chi connectivity index (χ0) is 8.97. The van der Waals surface area contributed by atoms with Gasteiger partial charge in [-0.1, -0.05) is 13.8 Å². The van der Waals surface area contributed by atoms with E-state index in [4.69, 9.17) is 0 Å². The summed E-state index contributed by atoms with van der Waals surface area (Å²) in [6.07, 6.45) is 3.64. The van der Waals surface area contributed by atoms with Crippen LogP contribution in [-0.2, 0) is 0 Å². The first-order chi connectivity index (χ1) is 5.86. The van der Waals surface area contributed by atoms with Gasteiger partial charge in [0, 0.05) is 18.5 Å². The molecule has 2 heterocycles.